The van der Waals surface area contributed by atoms with Crippen molar-refractivity contribution in [3.63, 3.8) is 0 Å². The molecule has 3 aliphatic rings. The molecule has 7 nitrogen and oxygen atoms in total. The van der Waals surface area contributed by atoms with E-state index >= 15 is 0 Å². The Morgan fingerprint density at radius 2 is 1.83 bits per heavy atom. The van der Waals surface area contributed by atoms with Crippen molar-refractivity contribution in [1.82, 2.24) is 20.4 Å². The van der Waals surface area contributed by atoms with Gasteiger partial charge in [-0.1, -0.05) is 16.8 Å². The van der Waals surface area contributed by atoms with Crippen molar-refractivity contribution in [3.05, 3.63) is 35.7 Å². The molecule has 0 spiro atoms. The fraction of sp³-hybridized carbons (Fsp3) is 0.522. The van der Waals surface area contributed by atoms with Gasteiger partial charge in [-0.25, -0.2) is 4.98 Å². The maximum absolute atomic E-state index is 5.54. The molecule has 3 fully saturated rings. The SMILES string of the molecule is Cc1ccc2nc(N3C[C@@H]4C(NC5CCOCC5)[C@@H]4C3)c(-c3nc(C)no3)cc2c1. The molecule has 4 heterocycles. The summed E-state index contributed by atoms with van der Waals surface area (Å²) in [5, 5.41) is 9.00. The van der Waals surface area contributed by atoms with Gasteiger partial charge in [-0.15, -0.1) is 0 Å². The van der Waals surface area contributed by atoms with Crippen molar-refractivity contribution in [2.45, 2.75) is 38.8 Å². The van der Waals surface area contributed by atoms with Crippen LogP contribution >= 0.6 is 0 Å². The van der Waals surface area contributed by atoms with Crippen molar-refractivity contribution >= 4 is 16.7 Å². The molecule has 0 amide bonds. The van der Waals surface area contributed by atoms with Crippen LogP contribution in [0, 0.1) is 25.7 Å². The number of hydrogen-bond donors (Lipinski definition) is 1. The molecule has 2 aliphatic heterocycles. The van der Waals surface area contributed by atoms with Gasteiger partial charge < -0.3 is 19.5 Å². The Morgan fingerprint density at radius 1 is 1.03 bits per heavy atom. The highest BCUT2D eigenvalue weighted by atomic mass is 16.5. The number of aromatic nitrogens is 3. The van der Waals surface area contributed by atoms with Crippen LogP contribution in [0.5, 0.6) is 0 Å². The van der Waals surface area contributed by atoms with Gasteiger partial charge in [0.15, 0.2) is 5.82 Å². The topological polar surface area (TPSA) is 76.3 Å². The van der Waals surface area contributed by atoms with E-state index in [4.69, 9.17) is 14.2 Å². The first-order valence-corrected chi connectivity index (χ1v) is 11.0. The molecule has 1 aliphatic carbocycles. The normalized spacial score (nSPS) is 26.3. The van der Waals surface area contributed by atoms with E-state index in [2.05, 4.69) is 51.5 Å². The summed E-state index contributed by atoms with van der Waals surface area (Å²) in [6, 6.07) is 9.78. The number of ether oxygens (including phenoxy) is 1. The summed E-state index contributed by atoms with van der Waals surface area (Å²) >= 11 is 0. The molecule has 156 valence electrons. The average molecular weight is 406 g/mol. The third kappa shape index (κ3) is 3.17. The molecule has 1 saturated carbocycles. The Morgan fingerprint density at radius 3 is 2.57 bits per heavy atom. The van der Waals surface area contributed by atoms with Crippen LogP contribution in [0.4, 0.5) is 5.82 Å². The minimum atomic E-state index is 0.552. The first kappa shape index (κ1) is 18.3. The fourth-order valence-electron chi connectivity index (χ4n) is 5.17. The summed E-state index contributed by atoms with van der Waals surface area (Å²) in [4.78, 5) is 11.9. The van der Waals surface area contributed by atoms with E-state index in [0.29, 0.717) is 35.6 Å². The van der Waals surface area contributed by atoms with E-state index in [1.165, 1.54) is 5.56 Å². The first-order chi connectivity index (χ1) is 14.7. The van der Waals surface area contributed by atoms with E-state index in [9.17, 15) is 0 Å². The lowest BCUT2D eigenvalue weighted by molar-refractivity contribution is 0.0768. The number of aryl methyl sites for hydroxylation is 2. The minimum absolute atomic E-state index is 0.552. The third-order valence-electron chi connectivity index (χ3n) is 6.85. The molecule has 0 bridgehead atoms. The van der Waals surface area contributed by atoms with Crippen LogP contribution in [0.25, 0.3) is 22.4 Å². The van der Waals surface area contributed by atoms with E-state index in [-0.39, 0.29) is 0 Å². The molecule has 1 unspecified atom stereocenters. The summed E-state index contributed by atoms with van der Waals surface area (Å²) in [5.74, 6) is 3.55. The number of pyridine rings is 1. The number of rotatable bonds is 4. The van der Waals surface area contributed by atoms with Crippen LogP contribution in [0.1, 0.15) is 24.2 Å². The average Bonchev–Trinajstić information content (AvgIpc) is 3.11. The van der Waals surface area contributed by atoms with Crippen LogP contribution in [-0.2, 0) is 4.74 Å². The van der Waals surface area contributed by atoms with Gasteiger partial charge in [-0.05, 0) is 56.7 Å². The molecule has 3 atom stereocenters. The summed E-state index contributed by atoms with van der Waals surface area (Å²) in [7, 11) is 0. The van der Waals surface area contributed by atoms with Gasteiger partial charge in [-0.3, -0.25) is 0 Å². The van der Waals surface area contributed by atoms with Crippen LogP contribution in [-0.4, -0.2) is 53.5 Å². The Hall–Kier alpha value is -2.51. The number of hydrogen-bond acceptors (Lipinski definition) is 7. The zero-order chi connectivity index (χ0) is 20.2. The summed E-state index contributed by atoms with van der Waals surface area (Å²) in [5.41, 5.74) is 3.16. The molecule has 0 radical (unpaired) electrons. The molecular weight excluding hydrogens is 378 g/mol. The van der Waals surface area contributed by atoms with E-state index < -0.39 is 0 Å². The molecule has 6 rings (SSSR count). The Bertz CT molecular complexity index is 1080. The van der Waals surface area contributed by atoms with Crippen molar-refractivity contribution < 1.29 is 9.26 Å². The standard InChI is InChI=1S/C23H27N5O2/c1-13-3-4-20-15(9-13)10-17(23-24-14(2)27-30-23)22(26-20)28-11-18-19(12-28)21(18)25-16-5-7-29-8-6-16/h3-4,9-10,16,18-19,21,25H,5-8,11-12H2,1-2H3/t18-,19+,21?. The highest BCUT2D eigenvalue weighted by molar-refractivity contribution is 5.88. The zero-order valence-electron chi connectivity index (χ0n) is 17.5. The second kappa shape index (κ2) is 7.03. The Labute approximate surface area is 175 Å². The molecule has 7 heteroatoms. The number of benzene rings is 1. The highest BCUT2D eigenvalue weighted by Crippen LogP contribution is 2.48. The van der Waals surface area contributed by atoms with Gasteiger partial charge in [0, 0.05) is 43.8 Å². The van der Waals surface area contributed by atoms with Crippen molar-refractivity contribution in [3.8, 4) is 11.5 Å². The van der Waals surface area contributed by atoms with Crippen molar-refractivity contribution in [2.75, 3.05) is 31.2 Å². The molecule has 1 N–H and O–H groups in total. The number of anilines is 1. The predicted octanol–water partition coefficient (Wildman–Crippen LogP) is 3.10. The van der Waals surface area contributed by atoms with E-state index in [1.807, 2.05) is 6.92 Å². The van der Waals surface area contributed by atoms with E-state index in [0.717, 1.165) is 61.4 Å². The fourth-order valence-corrected chi connectivity index (χ4v) is 5.17. The van der Waals surface area contributed by atoms with Crippen LogP contribution in [0.3, 0.4) is 0 Å². The molecule has 2 aromatic heterocycles. The van der Waals surface area contributed by atoms with Crippen LogP contribution in [0.15, 0.2) is 28.8 Å². The molecule has 3 aromatic rings. The maximum Gasteiger partial charge on any atom is 0.261 e. The predicted molar refractivity (Wildman–Crippen MR) is 114 cm³/mol. The quantitative estimate of drug-likeness (QED) is 0.715. The van der Waals surface area contributed by atoms with Gasteiger partial charge >= 0.3 is 0 Å². The zero-order valence-corrected chi connectivity index (χ0v) is 17.5. The highest BCUT2D eigenvalue weighted by Gasteiger charge is 2.56. The van der Waals surface area contributed by atoms with Crippen LogP contribution in [0.2, 0.25) is 0 Å². The number of fused-ring (bicyclic) bond motifs is 2. The molecular formula is C23H27N5O2. The number of piperidine rings is 1. The van der Waals surface area contributed by atoms with Gasteiger partial charge in [0.25, 0.3) is 5.89 Å². The minimum Gasteiger partial charge on any atom is -0.381 e. The largest absolute Gasteiger partial charge is 0.381 e. The summed E-state index contributed by atoms with van der Waals surface area (Å²) < 4.78 is 11.0. The number of nitrogens with one attached hydrogen (secondary N) is 1. The lowest BCUT2D eigenvalue weighted by Crippen LogP contribution is -2.40. The lowest BCUT2D eigenvalue weighted by atomic mass is 10.1. The second-order valence-electron chi connectivity index (χ2n) is 9.01. The van der Waals surface area contributed by atoms with Crippen LogP contribution < -0.4 is 10.2 Å². The monoisotopic (exact) mass is 405 g/mol. The summed E-state index contributed by atoms with van der Waals surface area (Å²) in [6.45, 7) is 7.77. The van der Waals surface area contributed by atoms with Gasteiger partial charge in [0.2, 0.25) is 0 Å². The first-order valence-electron chi connectivity index (χ1n) is 11.0. The maximum atomic E-state index is 5.54. The lowest BCUT2D eigenvalue weighted by Gasteiger charge is -2.27. The Balaban J connectivity index is 1.27. The third-order valence-corrected chi connectivity index (χ3v) is 6.85. The Kier molecular flexibility index (Phi) is 4.28. The van der Waals surface area contributed by atoms with Crippen molar-refractivity contribution in [2.24, 2.45) is 11.8 Å². The van der Waals surface area contributed by atoms with Gasteiger partial charge in [0.05, 0.1) is 11.1 Å². The number of nitrogens with zero attached hydrogens (tertiary/aromatic N) is 4. The van der Waals surface area contributed by atoms with Crippen molar-refractivity contribution in [1.29, 1.82) is 0 Å². The van der Waals surface area contributed by atoms with Gasteiger partial charge in [0.1, 0.15) is 5.82 Å². The summed E-state index contributed by atoms with van der Waals surface area (Å²) in [6.07, 6.45) is 2.26. The smallest absolute Gasteiger partial charge is 0.261 e. The molecule has 2 saturated heterocycles. The van der Waals surface area contributed by atoms with Gasteiger partial charge in [-0.2, -0.15) is 4.98 Å². The van der Waals surface area contributed by atoms with E-state index in [1.54, 1.807) is 0 Å². The molecule has 30 heavy (non-hydrogen) atoms. The second-order valence-corrected chi connectivity index (χ2v) is 9.01. The molecule has 1 aromatic carbocycles.